The van der Waals surface area contributed by atoms with Gasteiger partial charge in [0, 0.05) is 5.56 Å². The lowest BCUT2D eigenvalue weighted by molar-refractivity contribution is -0.123. The van der Waals surface area contributed by atoms with Gasteiger partial charge in [0.1, 0.15) is 11.5 Å². The Balaban J connectivity index is 1.61. The maximum Gasteiger partial charge on any atom is 0.258 e. The van der Waals surface area contributed by atoms with Crippen LogP contribution in [0.5, 0.6) is 11.5 Å². The average molecular weight is 469 g/mol. The van der Waals surface area contributed by atoms with Gasteiger partial charge in [0.2, 0.25) is 10.0 Å². The molecular weight excluding hydrogens is 440 g/mol. The largest absolute Gasteiger partial charge is 0.496 e. The van der Waals surface area contributed by atoms with Gasteiger partial charge in [-0.25, -0.2) is 8.42 Å². The van der Waals surface area contributed by atoms with E-state index in [0.717, 1.165) is 11.1 Å². The van der Waals surface area contributed by atoms with Crippen molar-refractivity contribution in [3.63, 3.8) is 0 Å². The summed E-state index contributed by atoms with van der Waals surface area (Å²) in [6.07, 6.45) is 1.17. The standard InChI is InChI=1S/C25H28N2O5S/c1-19(23-11-7-8-12-24(23)31-2)26-25(28)18-32-22-15-13-21(14-16-22)27(33(3,29)30)17-20-9-5-4-6-10-20/h4-16,19H,17-18H2,1-3H3,(H,26,28). The van der Waals surface area contributed by atoms with Crippen LogP contribution >= 0.6 is 0 Å². The van der Waals surface area contributed by atoms with Crippen molar-refractivity contribution in [3.05, 3.63) is 90.0 Å². The highest BCUT2D eigenvalue weighted by atomic mass is 32.2. The molecule has 0 radical (unpaired) electrons. The van der Waals surface area contributed by atoms with Gasteiger partial charge in [-0.15, -0.1) is 0 Å². The number of methoxy groups -OCH3 is 1. The minimum Gasteiger partial charge on any atom is -0.496 e. The van der Waals surface area contributed by atoms with Crippen LogP contribution in [0.2, 0.25) is 0 Å². The third kappa shape index (κ3) is 6.73. The molecule has 1 N–H and O–H groups in total. The topological polar surface area (TPSA) is 84.9 Å². The van der Waals surface area contributed by atoms with E-state index >= 15 is 0 Å². The zero-order chi connectivity index (χ0) is 23.8. The Hall–Kier alpha value is -3.52. The number of para-hydroxylation sites is 1. The van der Waals surface area contributed by atoms with E-state index in [0.29, 0.717) is 17.2 Å². The summed E-state index contributed by atoms with van der Waals surface area (Å²) in [6.45, 7) is 1.93. The van der Waals surface area contributed by atoms with Crippen LogP contribution in [0, 0.1) is 0 Å². The fourth-order valence-electron chi connectivity index (χ4n) is 3.39. The van der Waals surface area contributed by atoms with Gasteiger partial charge in [0.05, 0.1) is 31.6 Å². The van der Waals surface area contributed by atoms with Gasteiger partial charge in [-0.3, -0.25) is 9.10 Å². The monoisotopic (exact) mass is 468 g/mol. The molecule has 0 fully saturated rings. The van der Waals surface area contributed by atoms with Gasteiger partial charge in [0.25, 0.3) is 5.91 Å². The van der Waals surface area contributed by atoms with Gasteiger partial charge in [-0.2, -0.15) is 0 Å². The highest BCUT2D eigenvalue weighted by molar-refractivity contribution is 7.92. The summed E-state index contributed by atoms with van der Waals surface area (Å²) in [5.41, 5.74) is 2.27. The number of anilines is 1. The zero-order valence-electron chi connectivity index (χ0n) is 18.9. The Kier molecular flexibility index (Phi) is 7.95. The van der Waals surface area contributed by atoms with Crippen LogP contribution in [0.15, 0.2) is 78.9 Å². The zero-order valence-corrected chi connectivity index (χ0v) is 19.7. The molecule has 0 heterocycles. The number of nitrogens with zero attached hydrogens (tertiary/aromatic N) is 1. The molecule has 174 valence electrons. The third-order valence-corrected chi connectivity index (χ3v) is 6.19. The van der Waals surface area contributed by atoms with Crippen molar-refractivity contribution < 1.29 is 22.7 Å². The van der Waals surface area contributed by atoms with Crippen LogP contribution in [0.1, 0.15) is 24.1 Å². The van der Waals surface area contributed by atoms with E-state index < -0.39 is 10.0 Å². The second-order valence-corrected chi connectivity index (χ2v) is 9.48. The fourth-order valence-corrected chi connectivity index (χ4v) is 4.28. The number of carbonyl (C=O) groups excluding carboxylic acids is 1. The molecule has 0 saturated heterocycles. The number of amides is 1. The van der Waals surface area contributed by atoms with Crippen molar-refractivity contribution in [3.8, 4) is 11.5 Å². The molecule has 3 aromatic rings. The van der Waals surface area contributed by atoms with Crippen molar-refractivity contribution >= 4 is 21.6 Å². The van der Waals surface area contributed by atoms with Crippen molar-refractivity contribution in [2.24, 2.45) is 0 Å². The lowest BCUT2D eigenvalue weighted by atomic mass is 10.1. The van der Waals surface area contributed by atoms with E-state index in [2.05, 4.69) is 5.32 Å². The summed E-state index contributed by atoms with van der Waals surface area (Å²) in [4.78, 5) is 12.3. The first kappa shape index (κ1) is 24.1. The predicted octanol–water partition coefficient (Wildman–Crippen LogP) is 3.92. The van der Waals surface area contributed by atoms with Crippen molar-refractivity contribution in [1.82, 2.24) is 5.32 Å². The lowest BCUT2D eigenvalue weighted by Gasteiger charge is -2.23. The van der Waals surface area contributed by atoms with Crippen LogP contribution < -0.4 is 19.1 Å². The fraction of sp³-hybridized carbons (Fsp3) is 0.240. The Morgan fingerprint density at radius 2 is 1.61 bits per heavy atom. The second-order valence-electron chi connectivity index (χ2n) is 7.57. The van der Waals surface area contributed by atoms with E-state index in [1.165, 1.54) is 10.6 Å². The normalized spacial score (nSPS) is 12.0. The molecule has 33 heavy (non-hydrogen) atoms. The molecule has 0 spiro atoms. The first-order valence-electron chi connectivity index (χ1n) is 10.4. The number of hydrogen-bond donors (Lipinski definition) is 1. The molecule has 0 aliphatic rings. The average Bonchev–Trinajstić information content (AvgIpc) is 2.81. The van der Waals surface area contributed by atoms with Gasteiger partial charge in [-0.1, -0.05) is 48.5 Å². The molecule has 0 saturated carbocycles. The molecule has 0 aromatic heterocycles. The summed E-state index contributed by atoms with van der Waals surface area (Å²) < 4.78 is 36.9. The summed E-state index contributed by atoms with van der Waals surface area (Å²) in [6, 6.07) is 23.2. The number of rotatable bonds is 10. The molecule has 0 bridgehead atoms. The minimum atomic E-state index is -3.48. The molecule has 8 heteroatoms. The Labute approximate surface area is 195 Å². The first-order valence-corrected chi connectivity index (χ1v) is 12.3. The number of benzene rings is 3. The Morgan fingerprint density at radius 3 is 2.24 bits per heavy atom. The SMILES string of the molecule is COc1ccccc1C(C)NC(=O)COc1ccc(N(Cc2ccccc2)S(C)(=O)=O)cc1. The van der Waals surface area contributed by atoms with Crippen LogP contribution in [-0.4, -0.2) is 34.3 Å². The van der Waals surface area contributed by atoms with Crippen molar-refractivity contribution in [2.75, 3.05) is 24.3 Å². The third-order valence-electron chi connectivity index (χ3n) is 5.05. The molecule has 0 aliphatic carbocycles. The molecule has 1 amide bonds. The summed E-state index contributed by atoms with van der Waals surface area (Å²) in [7, 11) is -1.89. The molecule has 0 aliphatic heterocycles. The number of hydrogen-bond acceptors (Lipinski definition) is 5. The number of nitrogens with one attached hydrogen (secondary N) is 1. The first-order chi connectivity index (χ1) is 15.8. The smallest absolute Gasteiger partial charge is 0.258 e. The van der Waals surface area contributed by atoms with Crippen molar-refractivity contribution in [1.29, 1.82) is 0 Å². The van der Waals surface area contributed by atoms with Crippen LogP contribution in [0.4, 0.5) is 5.69 Å². The lowest BCUT2D eigenvalue weighted by Crippen LogP contribution is -2.31. The minimum absolute atomic E-state index is 0.168. The van der Waals surface area contributed by atoms with Crippen LogP contribution in [0.3, 0.4) is 0 Å². The quantitative estimate of drug-likeness (QED) is 0.488. The van der Waals surface area contributed by atoms with Gasteiger partial charge < -0.3 is 14.8 Å². The molecule has 1 unspecified atom stereocenters. The second kappa shape index (κ2) is 10.9. The molecular formula is C25H28N2O5S. The van der Waals surface area contributed by atoms with Crippen molar-refractivity contribution in [2.45, 2.75) is 19.5 Å². The van der Waals surface area contributed by atoms with E-state index in [4.69, 9.17) is 9.47 Å². The maximum absolute atomic E-state index is 12.3. The highest BCUT2D eigenvalue weighted by Gasteiger charge is 2.18. The molecule has 3 rings (SSSR count). The summed E-state index contributed by atoms with van der Waals surface area (Å²) >= 11 is 0. The Bertz CT molecular complexity index is 1160. The van der Waals surface area contributed by atoms with Crippen LogP contribution in [-0.2, 0) is 21.4 Å². The number of sulfonamides is 1. The van der Waals surface area contributed by atoms with Gasteiger partial charge in [-0.05, 0) is 42.8 Å². The van der Waals surface area contributed by atoms with E-state index in [1.54, 1.807) is 31.4 Å². The molecule has 1 atom stereocenters. The van der Waals surface area contributed by atoms with E-state index in [-0.39, 0.29) is 25.1 Å². The van der Waals surface area contributed by atoms with E-state index in [9.17, 15) is 13.2 Å². The van der Waals surface area contributed by atoms with E-state index in [1.807, 2.05) is 61.5 Å². The summed E-state index contributed by atoms with van der Waals surface area (Å²) in [5, 5.41) is 2.89. The molecule has 7 nitrogen and oxygen atoms in total. The number of carbonyl (C=O) groups is 1. The maximum atomic E-state index is 12.3. The summed E-state index contributed by atoms with van der Waals surface area (Å²) in [5.74, 6) is 0.888. The van der Waals surface area contributed by atoms with Crippen LogP contribution in [0.25, 0.3) is 0 Å². The van der Waals surface area contributed by atoms with Gasteiger partial charge >= 0.3 is 0 Å². The molecule has 3 aromatic carbocycles. The predicted molar refractivity (Wildman–Crippen MR) is 129 cm³/mol. The Morgan fingerprint density at radius 1 is 0.970 bits per heavy atom. The highest BCUT2D eigenvalue weighted by Crippen LogP contribution is 2.25. The number of ether oxygens (including phenoxy) is 2. The van der Waals surface area contributed by atoms with Gasteiger partial charge in [0.15, 0.2) is 6.61 Å².